The Morgan fingerprint density at radius 1 is 1.21 bits per heavy atom. The third kappa shape index (κ3) is 7.61. The van der Waals surface area contributed by atoms with Crippen molar-refractivity contribution in [2.24, 2.45) is 15.9 Å². The minimum absolute atomic E-state index is 0.355. The highest BCUT2D eigenvalue weighted by Crippen LogP contribution is 2.25. The second-order valence-corrected chi connectivity index (χ2v) is 8.07. The molecule has 0 atom stereocenters. The second kappa shape index (κ2) is 14.0. The van der Waals surface area contributed by atoms with E-state index in [-0.39, 0.29) is 0 Å². The monoisotopic (exact) mass is 465 g/mol. The minimum Gasteiger partial charge on any atom is -0.271 e. The molecule has 0 aliphatic carbocycles. The van der Waals surface area contributed by atoms with Gasteiger partial charge in [0.2, 0.25) is 0 Å². The Kier molecular flexibility index (Phi) is 11.8. The van der Waals surface area contributed by atoms with Gasteiger partial charge in [-0.05, 0) is 87.1 Å². The molecule has 7 nitrogen and oxygen atoms in total. The number of aromatic nitrogens is 3. The van der Waals surface area contributed by atoms with Gasteiger partial charge in [0.15, 0.2) is 0 Å². The van der Waals surface area contributed by atoms with Crippen LogP contribution in [-0.4, -0.2) is 27.7 Å². The van der Waals surface area contributed by atoms with Crippen LogP contribution in [0, 0.1) is 19.8 Å². The largest absolute Gasteiger partial charge is 0.349 e. The number of nitrogens with one attached hydrogen (secondary N) is 1. The quantitative estimate of drug-likeness (QED) is 0.392. The van der Waals surface area contributed by atoms with Crippen LogP contribution >= 0.6 is 0 Å². The average molecular weight is 466 g/mol. The van der Waals surface area contributed by atoms with Crippen molar-refractivity contribution in [1.29, 1.82) is 0 Å². The molecule has 1 heterocycles. The first-order valence-corrected chi connectivity index (χ1v) is 11.9. The van der Waals surface area contributed by atoms with Crippen molar-refractivity contribution in [2.75, 3.05) is 0 Å². The number of hydrogen-bond acceptors (Lipinski definition) is 5. The molecule has 2 rings (SSSR count). The summed E-state index contributed by atoms with van der Waals surface area (Å²) in [6, 6.07) is 3.81. The first-order valence-electron chi connectivity index (χ1n) is 11.9. The Hall–Kier alpha value is -3.35. The first-order chi connectivity index (χ1) is 16.2. The molecule has 0 bridgehead atoms. The predicted molar refractivity (Wildman–Crippen MR) is 144 cm³/mol. The van der Waals surface area contributed by atoms with Gasteiger partial charge in [0.25, 0.3) is 5.56 Å². The Labute approximate surface area is 203 Å². The van der Waals surface area contributed by atoms with Gasteiger partial charge in [-0.15, -0.1) is 0 Å². The minimum atomic E-state index is -0.553. The molecule has 0 amide bonds. The van der Waals surface area contributed by atoms with Crippen molar-refractivity contribution >= 4 is 12.9 Å². The molecule has 34 heavy (non-hydrogen) atoms. The van der Waals surface area contributed by atoms with Gasteiger partial charge in [-0.1, -0.05) is 40.7 Å². The summed E-state index contributed by atoms with van der Waals surface area (Å²) >= 11 is 0. The van der Waals surface area contributed by atoms with Crippen LogP contribution in [0.25, 0.3) is 5.69 Å². The number of rotatable bonds is 9. The van der Waals surface area contributed by atoms with Crippen LogP contribution in [0.15, 0.2) is 60.9 Å². The topological polar surface area (TPSA) is 92.5 Å². The van der Waals surface area contributed by atoms with Crippen LogP contribution < -0.4 is 11.2 Å². The van der Waals surface area contributed by atoms with Gasteiger partial charge >= 0.3 is 5.69 Å². The molecular weight excluding hydrogens is 426 g/mol. The molecule has 0 saturated heterocycles. The molecule has 7 heteroatoms. The lowest BCUT2D eigenvalue weighted by molar-refractivity contribution is 0.747. The third-order valence-electron chi connectivity index (χ3n) is 5.27. The van der Waals surface area contributed by atoms with Crippen LogP contribution in [-0.2, 0) is 6.42 Å². The number of aryl methyl sites for hydroxylation is 2. The van der Waals surface area contributed by atoms with Crippen LogP contribution in [0.2, 0.25) is 0 Å². The van der Waals surface area contributed by atoms with Gasteiger partial charge in [-0.2, -0.15) is 9.78 Å². The normalized spacial score (nSPS) is 12.4. The lowest BCUT2D eigenvalue weighted by atomic mass is 9.97. The van der Waals surface area contributed by atoms with E-state index in [1.54, 1.807) is 0 Å². The number of hydrogen-bond donors (Lipinski definition) is 1. The Morgan fingerprint density at radius 2 is 1.82 bits per heavy atom. The average Bonchev–Trinajstić information content (AvgIpc) is 2.79. The highest BCUT2D eigenvalue weighted by atomic mass is 16.2. The van der Waals surface area contributed by atoms with Gasteiger partial charge in [0.1, 0.15) is 6.20 Å². The van der Waals surface area contributed by atoms with Crippen molar-refractivity contribution in [3.05, 3.63) is 78.9 Å². The number of aromatic amines is 1. The maximum absolute atomic E-state index is 12.0. The number of allylic oxidation sites excluding steroid dienone is 3. The molecule has 184 valence electrons. The number of nitrogens with zero attached hydrogens (tertiary/aromatic N) is 4. The van der Waals surface area contributed by atoms with Crippen molar-refractivity contribution in [3.8, 4) is 5.69 Å². The molecule has 0 fully saturated rings. The van der Waals surface area contributed by atoms with Gasteiger partial charge in [0, 0.05) is 6.21 Å². The van der Waals surface area contributed by atoms with Crippen molar-refractivity contribution in [2.45, 2.75) is 74.7 Å². The fraction of sp³-hybridized carbons (Fsp3) is 0.444. The Bertz CT molecular complexity index is 1160. The maximum atomic E-state index is 12.0. The SMILES string of the molecule is C=NC(/C(=C\CC)C(C)C)=C(/C)N=CCCc1c(C)cc(-n2ncc(=O)[nH]c2=O)cc1C.CC. The van der Waals surface area contributed by atoms with Crippen LogP contribution in [0.1, 0.15) is 71.1 Å². The molecule has 0 radical (unpaired) electrons. The first kappa shape index (κ1) is 28.7. The fourth-order valence-corrected chi connectivity index (χ4v) is 3.74. The Morgan fingerprint density at radius 3 is 2.32 bits per heavy atom. The molecule has 0 aliphatic rings. The molecule has 0 saturated carbocycles. The van der Waals surface area contributed by atoms with E-state index in [1.807, 2.05) is 53.0 Å². The molecule has 1 N–H and O–H groups in total. The predicted octanol–water partition coefficient (Wildman–Crippen LogP) is 5.49. The highest BCUT2D eigenvalue weighted by molar-refractivity contribution is 5.61. The molecule has 0 aliphatic heterocycles. The summed E-state index contributed by atoms with van der Waals surface area (Å²) in [7, 11) is 0. The number of H-pyrrole nitrogens is 1. The second-order valence-electron chi connectivity index (χ2n) is 8.07. The van der Waals surface area contributed by atoms with E-state index < -0.39 is 11.2 Å². The van der Waals surface area contributed by atoms with E-state index in [0.717, 1.165) is 48.0 Å². The fourth-order valence-electron chi connectivity index (χ4n) is 3.74. The molecule has 0 unspecified atom stereocenters. The van der Waals surface area contributed by atoms with Gasteiger partial charge in [-0.3, -0.25) is 19.8 Å². The van der Waals surface area contributed by atoms with Crippen LogP contribution in [0.4, 0.5) is 0 Å². The van der Waals surface area contributed by atoms with Crippen molar-refractivity contribution in [3.63, 3.8) is 0 Å². The van der Waals surface area contributed by atoms with E-state index in [4.69, 9.17) is 0 Å². The van der Waals surface area contributed by atoms with Gasteiger partial charge in [-0.25, -0.2) is 4.79 Å². The standard InChI is InChI=1S/C25H33N5O2.C2H6/c1-8-10-21(16(2)3)24(26-7)19(6)27-12-9-11-22-17(4)13-20(14-18(22)5)30-25(32)29-23(31)15-28-30;1-2/h10,12-16H,7-9,11H2,1-6H3,(H,29,31,32);1-2H3/b21-10-,24-19-,27-12?;. The Balaban J connectivity index is 0.00000281. The highest BCUT2D eigenvalue weighted by Gasteiger charge is 2.11. The summed E-state index contributed by atoms with van der Waals surface area (Å²) in [5.74, 6) is 0.355. The van der Waals surface area contributed by atoms with E-state index in [1.165, 1.54) is 15.8 Å². The maximum Gasteiger partial charge on any atom is 0.349 e. The summed E-state index contributed by atoms with van der Waals surface area (Å²) in [6.45, 7) is 20.1. The van der Waals surface area contributed by atoms with Gasteiger partial charge < -0.3 is 0 Å². The summed E-state index contributed by atoms with van der Waals surface area (Å²) < 4.78 is 1.20. The van der Waals surface area contributed by atoms with E-state index in [2.05, 4.69) is 53.6 Å². The zero-order valence-corrected chi connectivity index (χ0v) is 21.9. The number of benzene rings is 1. The summed E-state index contributed by atoms with van der Waals surface area (Å²) in [6.07, 6.45) is 7.74. The van der Waals surface area contributed by atoms with E-state index >= 15 is 0 Å². The molecule has 0 spiro atoms. The zero-order chi connectivity index (χ0) is 25.8. The molecule has 1 aromatic heterocycles. The summed E-state index contributed by atoms with van der Waals surface area (Å²) in [5, 5.41) is 3.93. The molecule has 2 aromatic rings. The van der Waals surface area contributed by atoms with Crippen LogP contribution in [0.5, 0.6) is 0 Å². The van der Waals surface area contributed by atoms with Gasteiger partial charge in [0.05, 0.1) is 17.1 Å². The smallest absolute Gasteiger partial charge is 0.271 e. The third-order valence-corrected chi connectivity index (χ3v) is 5.27. The molecule has 1 aromatic carbocycles. The van der Waals surface area contributed by atoms with Crippen LogP contribution in [0.3, 0.4) is 0 Å². The van der Waals surface area contributed by atoms with Crippen molar-refractivity contribution in [1.82, 2.24) is 14.8 Å². The lowest BCUT2D eigenvalue weighted by Gasteiger charge is -2.13. The van der Waals surface area contributed by atoms with E-state index in [9.17, 15) is 9.59 Å². The summed E-state index contributed by atoms with van der Waals surface area (Å²) in [4.78, 5) is 34.4. The number of aliphatic imine (C=N–C) groups is 2. The lowest BCUT2D eigenvalue weighted by Crippen LogP contribution is -2.30. The van der Waals surface area contributed by atoms with E-state index in [0.29, 0.717) is 11.6 Å². The summed E-state index contributed by atoms with van der Waals surface area (Å²) in [5.41, 5.74) is 5.77. The zero-order valence-electron chi connectivity index (χ0n) is 21.9. The molecular formula is C27H39N5O2. The van der Waals surface area contributed by atoms with Crippen molar-refractivity contribution < 1.29 is 0 Å².